The number of hydrogen-bond donors (Lipinski definition) is 3. The number of anilines is 1. The van der Waals surface area contributed by atoms with E-state index in [0.717, 1.165) is 0 Å². The lowest BCUT2D eigenvalue weighted by atomic mass is 10.0. The van der Waals surface area contributed by atoms with Crippen molar-refractivity contribution in [2.45, 2.75) is 37.2 Å². The Morgan fingerprint density at radius 1 is 0.829 bits per heavy atom. The first kappa shape index (κ1) is 29.2. The quantitative estimate of drug-likeness (QED) is 0.263. The number of carbonyl (C=O) groups is 2. The fourth-order valence-corrected chi connectivity index (χ4v) is 5.88. The van der Waals surface area contributed by atoms with E-state index in [9.17, 15) is 18.0 Å². The molecular weight excluding hydrogens is 536 g/mol. The lowest BCUT2D eigenvalue weighted by molar-refractivity contribution is -0.118. The zero-order chi connectivity index (χ0) is 29.6. The number of carbonyl (C=O) groups excluding carboxylic acids is 2. The van der Waals surface area contributed by atoms with Crippen LogP contribution in [0.2, 0.25) is 0 Å². The number of benzene rings is 4. The SMILES string of the molecule is CC(C)(C)NS(=O)(=O)c1ccccc1-c1ccc(NC(=O)[C@H](NC(=O)c2cccc(C#N)c2)c2ccccc2)cc1. The van der Waals surface area contributed by atoms with Crippen LogP contribution in [-0.4, -0.2) is 25.8 Å². The Morgan fingerprint density at radius 3 is 2.15 bits per heavy atom. The maximum Gasteiger partial charge on any atom is 0.252 e. The molecule has 0 heterocycles. The normalized spacial score (nSPS) is 12.1. The smallest absolute Gasteiger partial charge is 0.252 e. The molecule has 0 saturated carbocycles. The standard InChI is InChI=1S/C32H30N4O4S/c1-32(2,3)36-41(39,40)28-15-8-7-14-27(28)23-16-18-26(19-17-23)34-31(38)29(24-11-5-4-6-12-24)35-30(37)25-13-9-10-22(20-25)21-33/h4-20,29,36H,1-3H3,(H,34,38)(H,35,37)/t29-/m1/s1. The molecule has 0 spiro atoms. The van der Waals surface area contributed by atoms with E-state index in [1.165, 1.54) is 6.07 Å². The summed E-state index contributed by atoms with van der Waals surface area (Å²) in [5.74, 6) is -0.964. The van der Waals surface area contributed by atoms with Crippen molar-refractivity contribution in [2.75, 3.05) is 5.32 Å². The first-order valence-electron chi connectivity index (χ1n) is 12.9. The minimum absolute atomic E-state index is 0.152. The number of sulfonamides is 1. The van der Waals surface area contributed by atoms with Crippen LogP contribution in [0.5, 0.6) is 0 Å². The largest absolute Gasteiger partial charge is 0.336 e. The molecular formula is C32H30N4O4S. The molecule has 0 unspecified atom stereocenters. The minimum Gasteiger partial charge on any atom is -0.336 e. The van der Waals surface area contributed by atoms with E-state index in [-0.39, 0.29) is 10.5 Å². The van der Waals surface area contributed by atoms with Gasteiger partial charge in [0.2, 0.25) is 10.0 Å². The summed E-state index contributed by atoms with van der Waals surface area (Å²) in [5.41, 5.74) is 2.17. The minimum atomic E-state index is -3.78. The highest BCUT2D eigenvalue weighted by atomic mass is 32.2. The maximum absolute atomic E-state index is 13.4. The molecule has 9 heteroatoms. The molecule has 0 aliphatic heterocycles. The van der Waals surface area contributed by atoms with Gasteiger partial charge in [0.15, 0.2) is 0 Å². The number of nitrogens with zero attached hydrogens (tertiary/aromatic N) is 1. The van der Waals surface area contributed by atoms with Crippen molar-refractivity contribution in [3.05, 3.63) is 120 Å². The average molecular weight is 567 g/mol. The van der Waals surface area contributed by atoms with Gasteiger partial charge in [-0.15, -0.1) is 0 Å². The molecule has 208 valence electrons. The summed E-state index contributed by atoms with van der Waals surface area (Å²) in [6.45, 7) is 5.33. The molecule has 4 aromatic carbocycles. The molecule has 0 aromatic heterocycles. The van der Waals surface area contributed by atoms with Crippen LogP contribution >= 0.6 is 0 Å². The number of nitriles is 1. The van der Waals surface area contributed by atoms with E-state index in [4.69, 9.17) is 5.26 Å². The molecule has 4 rings (SSSR count). The highest BCUT2D eigenvalue weighted by molar-refractivity contribution is 7.89. The van der Waals surface area contributed by atoms with Gasteiger partial charge in [0, 0.05) is 22.4 Å². The lowest BCUT2D eigenvalue weighted by Gasteiger charge is -2.22. The first-order valence-corrected chi connectivity index (χ1v) is 14.4. The maximum atomic E-state index is 13.4. The second kappa shape index (κ2) is 12.2. The van der Waals surface area contributed by atoms with Crippen molar-refractivity contribution in [1.82, 2.24) is 10.0 Å². The van der Waals surface area contributed by atoms with Crippen LogP contribution in [-0.2, 0) is 14.8 Å². The van der Waals surface area contributed by atoms with Gasteiger partial charge in [-0.3, -0.25) is 9.59 Å². The van der Waals surface area contributed by atoms with Crippen LogP contribution < -0.4 is 15.4 Å². The molecule has 3 N–H and O–H groups in total. The highest BCUT2D eigenvalue weighted by Crippen LogP contribution is 2.29. The third-order valence-corrected chi connectivity index (χ3v) is 7.82. The van der Waals surface area contributed by atoms with Crippen LogP contribution in [0.4, 0.5) is 5.69 Å². The Hall–Kier alpha value is -4.78. The zero-order valence-electron chi connectivity index (χ0n) is 22.9. The Labute approximate surface area is 240 Å². The van der Waals surface area contributed by atoms with Crippen molar-refractivity contribution < 1.29 is 18.0 Å². The molecule has 0 radical (unpaired) electrons. The van der Waals surface area contributed by atoms with Crippen molar-refractivity contribution >= 4 is 27.5 Å². The van der Waals surface area contributed by atoms with Gasteiger partial charge in [-0.25, -0.2) is 13.1 Å². The van der Waals surface area contributed by atoms with Crippen molar-refractivity contribution in [3.8, 4) is 17.2 Å². The number of rotatable bonds is 8. The Balaban J connectivity index is 1.57. The third-order valence-electron chi connectivity index (χ3n) is 6.00. The summed E-state index contributed by atoms with van der Waals surface area (Å²) in [6.07, 6.45) is 0. The van der Waals surface area contributed by atoms with Crippen LogP contribution in [0.1, 0.15) is 48.3 Å². The van der Waals surface area contributed by atoms with Crippen molar-refractivity contribution in [3.63, 3.8) is 0 Å². The summed E-state index contributed by atoms with van der Waals surface area (Å²) < 4.78 is 28.8. The van der Waals surface area contributed by atoms with Gasteiger partial charge in [-0.2, -0.15) is 5.26 Å². The Bertz CT molecular complexity index is 1710. The lowest BCUT2D eigenvalue weighted by Crippen LogP contribution is -2.40. The second-order valence-corrected chi connectivity index (χ2v) is 12.1. The van der Waals surface area contributed by atoms with E-state index in [1.54, 1.807) is 112 Å². The molecule has 1 atom stereocenters. The van der Waals surface area contributed by atoms with Crippen LogP contribution in [0.15, 0.2) is 108 Å². The Morgan fingerprint density at radius 2 is 1.49 bits per heavy atom. The summed E-state index contributed by atoms with van der Waals surface area (Å²) in [6, 6.07) is 29.6. The third kappa shape index (κ3) is 7.45. The van der Waals surface area contributed by atoms with Crippen LogP contribution in [0.25, 0.3) is 11.1 Å². The summed E-state index contributed by atoms with van der Waals surface area (Å²) in [4.78, 5) is 26.6. The van der Waals surface area contributed by atoms with E-state index >= 15 is 0 Å². The number of hydrogen-bond acceptors (Lipinski definition) is 5. The summed E-state index contributed by atoms with van der Waals surface area (Å²) in [7, 11) is -3.78. The molecule has 0 saturated heterocycles. The highest BCUT2D eigenvalue weighted by Gasteiger charge is 2.26. The van der Waals surface area contributed by atoms with Crippen molar-refractivity contribution in [1.29, 1.82) is 5.26 Å². The Kier molecular flexibility index (Phi) is 8.67. The summed E-state index contributed by atoms with van der Waals surface area (Å²) >= 11 is 0. The van der Waals surface area contributed by atoms with Gasteiger partial charge >= 0.3 is 0 Å². The number of amides is 2. The van der Waals surface area contributed by atoms with Gasteiger partial charge in [0.05, 0.1) is 16.5 Å². The van der Waals surface area contributed by atoms with E-state index in [0.29, 0.717) is 27.9 Å². The van der Waals surface area contributed by atoms with Gasteiger partial charge in [-0.1, -0.05) is 66.7 Å². The molecule has 0 bridgehead atoms. The van der Waals surface area contributed by atoms with E-state index < -0.39 is 33.4 Å². The molecule has 4 aromatic rings. The average Bonchev–Trinajstić information content (AvgIpc) is 2.95. The molecule has 2 amide bonds. The molecule has 0 aliphatic carbocycles. The van der Waals surface area contributed by atoms with Crippen LogP contribution in [0.3, 0.4) is 0 Å². The van der Waals surface area contributed by atoms with Crippen molar-refractivity contribution in [2.24, 2.45) is 0 Å². The summed E-state index contributed by atoms with van der Waals surface area (Å²) in [5, 5.41) is 14.8. The van der Waals surface area contributed by atoms with Gasteiger partial charge < -0.3 is 10.6 Å². The van der Waals surface area contributed by atoms with Gasteiger partial charge in [0.1, 0.15) is 6.04 Å². The monoisotopic (exact) mass is 566 g/mol. The van der Waals surface area contributed by atoms with Crippen LogP contribution in [0, 0.1) is 11.3 Å². The molecule has 0 fully saturated rings. The fraction of sp³-hybridized carbons (Fsp3) is 0.156. The van der Waals surface area contributed by atoms with E-state index in [2.05, 4.69) is 15.4 Å². The topological polar surface area (TPSA) is 128 Å². The van der Waals surface area contributed by atoms with Gasteiger partial charge in [-0.05, 0) is 68.3 Å². The number of nitrogens with one attached hydrogen (secondary N) is 3. The predicted molar refractivity (Wildman–Crippen MR) is 158 cm³/mol. The zero-order valence-corrected chi connectivity index (χ0v) is 23.7. The molecule has 0 aliphatic rings. The first-order chi connectivity index (χ1) is 19.5. The molecule has 41 heavy (non-hydrogen) atoms. The molecule has 8 nitrogen and oxygen atoms in total. The second-order valence-electron chi connectivity index (χ2n) is 10.4. The fourth-order valence-electron chi connectivity index (χ4n) is 4.24. The predicted octanol–water partition coefficient (Wildman–Crippen LogP) is 5.41. The van der Waals surface area contributed by atoms with E-state index in [1.807, 2.05) is 12.1 Å². The van der Waals surface area contributed by atoms with Gasteiger partial charge in [0.25, 0.3) is 11.8 Å².